The van der Waals surface area contributed by atoms with Crippen molar-refractivity contribution in [3.05, 3.63) is 74.8 Å². The third-order valence-corrected chi connectivity index (χ3v) is 9.17. The number of carbonyl (C=O) groups is 2. The summed E-state index contributed by atoms with van der Waals surface area (Å²) in [6.07, 6.45) is 0.682. The molecule has 0 saturated carbocycles. The Morgan fingerprint density at radius 3 is 2.30 bits per heavy atom. The second-order valence-electron chi connectivity index (χ2n) is 12.3. The van der Waals surface area contributed by atoms with Crippen molar-refractivity contribution in [3.63, 3.8) is 0 Å². The van der Waals surface area contributed by atoms with E-state index in [2.05, 4.69) is 4.98 Å². The lowest BCUT2D eigenvalue weighted by Gasteiger charge is -2.37. The minimum atomic E-state index is -4.89. The van der Waals surface area contributed by atoms with Crippen LogP contribution in [0.4, 0.5) is 19.8 Å². The molecule has 15 heteroatoms. The summed E-state index contributed by atoms with van der Waals surface area (Å²) in [6.45, 7) is 10.1. The van der Waals surface area contributed by atoms with E-state index < -0.39 is 50.2 Å². The highest BCUT2D eigenvalue weighted by Crippen LogP contribution is 2.36. The van der Waals surface area contributed by atoms with Gasteiger partial charge in [0.25, 0.3) is 10.0 Å². The standard InChI is InChI=1S/C31H34Cl2FN3O7S2/c1-30(2,3)43-28(38)36-13-7-8-21(19-9-11-20(32)12-10-19)24(36)16-42-25-15-23(34)26(14-22(25)33)46(40,41)37(27-17-45-18-35-27)29(39)44-31(4,5)6/h8-12,14-15,17-18,24H,7,13,16H2,1-6H3. The van der Waals surface area contributed by atoms with Gasteiger partial charge >= 0.3 is 12.2 Å². The Hall–Kier alpha value is -3.39. The van der Waals surface area contributed by atoms with Crippen LogP contribution in [-0.2, 0) is 19.5 Å². The molecule has 1 aliphatic heterocycles. The predicted molar refractivity (Wildman–Crippen MR) is 176 cm³/mol. The normalized spacial score (nSPS) is 15.6. The zero-order valence-corrected chi connectivity index (χ0v) is 29.2. The number of aromatic nitrogens is 1. The zero-order valence-electron chi connectivity index (χ0n) is 26.0. The molecule has 248 valence electrons. The second kappa shape index (κ2) is 13.8. The maximum Gasteiger partial charge on any atom is 0.430 e. The number of halogens is 3. The van der Waals surface area contributed by atoms with Gasteiger partial charge in [-0.05, 0) is 77.3 Å². The van der Waals surface area contributed by atoms with E-state index in [9.17, 15) is 18.0 Å². The summed E-state index contributed by atoms with van der Waals surface area (Å²) in [5, 5.41) is 1.60. The third-order valence-electron chi connectivity index (χ3n) is 6.36. The summed E-state index contributed by atoms with van der Waals surface area (Å²) in [7, 11) is -4.89. The quantitative estimate of drug-likeness (QED) is 0.241. The van der Waals surface area contributed by atoms with Crippen molar-refractivity contribution in [2.75, 3.05) is 17.5 Å². The topological polar surface area (TPSA) is 115 Å². The molecule has 2 aromatic carbocycles. The molecule has 0 spiro atoms. The van der Waals surface area contributed by atoms with E-state index in [1.165, 1.54) is 15.8 Å². The number of hydrogen-bond donors (Lipinski definition) is 0. The molecule has 0 bridgehead atoms. The van der Waals surface area contributed by atoms with E-state index in [-0.39, 0.29) is 27.5 Å². The van der Waals surface area contributed by atoms with Crippen LogP contribution in [-0.4, -0.2) is 60.9 Å². The number of benzene rings is 2. The molecule has 2 heterocycles. The first-order valence-corrected chi connectivity index (χ1v) is 17.3. The van der Waals surface area contributed by atoms with E-state index in [1.807, 2.05) is 18.2 Å². The van der Waals surface area contributed by atoms with E-state index in [0.29, 0.717) is 18.0 Å². The highest BCUT2D eigenvalue weighted by atomic mass is 35.5. The Bertz CT molecular complexity index is 1720. The van der Waals surface area contributed by atoms with E-state index in [4.69, 9.17) is 37.4 Å². The van der Waals surface area contributed by atoms with Crippen LogP contribution in [0.3, 0.4) is 0 Å². The number of anilines is 1. The molecule has 2 amide bonds. The first-order chi connectivity index (χ1) is 21.4. The smallest absolute Gasteiger partial charge is 0.430 e. The molecule has 0 aliphatic carbocycles. The number of hydrogen-bond acceptors (Lipinski definition) is 9. The number of ether oxygens (including phenoxy) is 3. The van der Waals surface area contributed by atoms with Crippen molar-refractivity contribution in [2.45, 2.75) is 70.1 Å². The van der Waals surface area contributed by atoms with Crippen LogP contribution in [0, 0.1) is 5.82 Å². The Kier molecular flexibility index (Phi) is 10.6. The van der Waals surface area contributed by atoms with Gasteiger partial charge in [0.2, 0.25) is 0 Å². The van der Waals surface area contributed by atoms with Crippen LogP contribution in [0.25, 0.3) is 5.57 Å². The SMILES string of the molecule is CC(C)(C)OC(=O)N1CCC=C(c2ccc(Cl)cc2)C1COc1cc(F)c(S(=O)(=O)N(C(=O)OC(C)(C)C)c2cscn2)cc1Cl. The number of thiazole rings is 1. The second-order valence-corrected chi connectivity index (χ2v) is 15.6. The van der Waals surface area contributed by atoms with Crippen molar-refractivity contribution < 1.29 is 36.6 Å². The average molecular weight is 715 g/mol. The van der Waals surface area contributed by atoms with Gasteiger partial charge in [-0.1, -0.05) is 41.4 Å². The van der Waals surface area contributed by atoms with Crippen LogP contribution in [0.1, 0.15) is 53.5 Å². The first kappa shape index (κ1) is 35.5. The maximum absolute atomic E-state index is 15.6. The van der Waals surface area contributed by atoms with Gasteiger partial charge in [-0.2, -0.15) is 0 Å². The molecule has 1 atom stereocenters. The van der Waals surface area contributed by atoms with Crippen molar-refractivity contribution in [1.82, 2.24) is 9.88 Å². The lowest BCUT2D eigenvalue weighted by atomic mass is 9.93. The van der Waals surface area contributed by atoms with Crippen LogP contribution >= 0.6 is 34.5 Å². The number of carbonyl (C=O) groups excluding carboxylic acids is 2. The number of nitrogens with zero attached hydrogens (tertiary/aromatic N) is 3. The van der Waals surface area contributed by atoms with Crippen molar-refractivity contribution in [1.29, 1.82) is 0 Å². The maximum atomic E-state index is 15.6. The number of rotatable bonds is 7. The lowest BCUT2D eigenvalue weighted by Crippen LogP contribution is -2.48. The fraction of sp³-hybridized carbons (Fsp3) is 0.387. The van der Waals surface area contributed by atoms with Crippen LogP contribution in [0.2, 0.25) is 10.0 Å². The Balaban J connectivity index is 1.67. The third kappa shape index (κ3) is 8.49. The molecule has 1 unspecified atom stereocenters. The molecule has 1 aliphatic rings. The van der Waals surface area contributed by atoms with Gasteiger partial charge in [0, 0.05) is 23.0 Å². The molecular formula is C31H34Cl2FN3O7S2. The van der Waals surface area contributed by atoms with E-state index in [0.717, 1.165) is 34.6 Å². The highest BCUT2D eigenvalue weighted by Gasteiger charge is 2.39. The molecule has 0 radical (unpaired) electrons. The Labute approximate surface area is 281 Å². The first-order valence-electron chi connectivity index (χ1n) is 14.1. The molecule has 0 saturated heterocycles. The van der Waals surface area contributed by atoms with Crippen LogP contribution in [0.15, 0.2) is 58.3 Å². The summed E-state index contributed by atoms with van der Waals surface area (Å²) in [4.78, 5) is 30.8. The predicted octanol–water partition coefficient (Wildman–Crippen LogP) is 8.19. The molecule has 10 nitrogen and oxygen atoms in total. The number of amides is 2. The van der Waals surface area contributed by atoms with Gasteiger partial charge in [0.05, 0.1) is 16.6 Å². The monoisotopic (exact) mass is 713 g/mol. The molecule has 1 aromatic heterocycles. The van der Waals surface area contributed by atoms with Crippen molar-refractivity contribution in [2.24, 2.45) is 0 Å². The number of sulfonamides is 1. The Morgan fingerprint density at radius 2 is 1.72 bits per heavy atom. The van der Waals surface area contributed by atoms with Gasteiger partial charge in [-0.25, -0.2) is 27.4 Å². The van der Waals surface area contributed by atoms with Gasteiger partial charge in [-0.15, -0.1) is 15.6 Å². The van der Waals surface area contributed by atoms with Crippen LogP contribution < -0.4 is 9.04 Å². The van der Waals surface area contributed by atoms with Crippen LogP contribution in [0.5, 0.6) is 5.75 Å². The largest absolute Gasteiger partial charge is 0.489 e. The van der Waals surface area contributed by atoms with Crippen molar-refractivity contribution in [3.8, 4) is 5.75 Å². The molecule has 0 fully saturated rings. The minimum absolute atomic E-state index is 0.179. The summed E-state index contributed by atoms with van der Waals surface area (Å²) in [5.74, 6) is -1.68. The molecule has 46 heavy (non-hydrogen) atoms. The zero-order chi connectivity index (χ0) is 34.0. The molecular weight excluding hydrogens is 680 g/mol. The average Bonchev–Trinajstić information content (AvgIpc) is 3.45. The lowest BCUT2D eigenvalue weighted by molar-refractivity contribution is 0.0162. The minimum Gasteiger partial charge on any atom is -0.489 e. The highest BCUT2D eigenvalue weighted by molar-refractivity contribution is 7.93. The molecule has 4 rings (SSSR count). The Morgan fingerprint density at radius 1 is 1.07 bits per heavy atom. The fourth-order valence-electron chi connectivity index (χ4n) is 4.50. The summed E-state index contributed by atoms with van der Waals surface area (Å²) < 4.78 is 60.2. The van der Waals surface area contributed by atoms with E-state index >= 15 is 4.39 Å². The fourth-order valence-corrected chi connectivity index (χ4v) is 6.84. The summed E-state index contributed by atoms with van der Waals surface area (Å²) in [6, 6.07) is 8.05. The van der Waals surface area contributed by atoms with Gasteiger partial charge in [0.1, 0.15) is 34.3 Å². The van der Waals surface area contributed by atoms with Gasteiger partial charge < -0.3 is 14.2 Å². The van der Waals surface area contributed by atoms with Crippen molar-refractivity contribution >= 4 is 68.1 Å². The summed E-state index contributed by atoms with van der Waals surface area (Å²) >= 11 is 13.6. The van der Waals surface area contributed by atoms with Gasteiger partial charge in [-0.3, -0.25) is 4.90 Å². The van der Waals surface area contributed by atoms with E-state index in [1.54, 1.807) is 53.7 Å². The van der Waals surface area contributed by atoms with Gasteiger partial charge in [0.15, 0.2) is 5.82 Å². The molecule has 3 aromatic rings. The molecule has 0 N–H and O–H groups in total. The summed E-state index contributed by atoms with van der Waals surface area (Å²) in [5.41, 5.74) is 1.04.